The average Bonchev–Trinajstić information content (AvgIpc) is 2.95. The molecule has 0 radical (unpaired) electrons. The summed E-state index contributed by atoms with van der Waals surface area (Å²) in [7, 11) is 1.59. The van der Waals surface area contributed by atoms with Gasteiger partial charge in [-0.2, -0.15) is 0 Å². The lowest BCUT2D eigenvalue weighted by atomic mass is 10.1. The fourth-order valence-corrected chi connectivity index (χ4v) is 4.31. The van der Waals surface area contributed by atoms with E-state index >= 15 is 0 Å². The summed E-state index contributed by atoms with van der Waals surface area (Å²) in [6.45, 7) is 8.90. The van der Waals surface area contributed by atoms with Gasteiger partial charge in [-0.05, 0) is 60.0 Å². The highest BCUT2D eigenvalue weighted by Gasteiger charge is 2.19. The van der Waals surface area contributed by atoms with Crippen molar-refractivity contribution >= 4 is 23.4 Å². The van der Waals surface area contributed by atoms with Crippen LogP contribution in [-0.2, 0) is 11.2 Å². The number of nitrogens with zero attached hydrogens (tertiary/aromatic N) is 3. The molecule has 1 aliphatic rings. The number of nitrogens with one attached hydrogen (secondary N) is 1. The fraction of sp³-hybridized carbons (Fsp3) is 0.267. The maximum atomic E-state index is 12.8. The number of aromatic nitrogens is 1. The van der Waals surface area contributed by atoms with E-state index in [2.05, 4.69) is 44.9 Å². The number of carbonyl (C=O) groups excluding carboxylic acids is 1. The summed E-state index contributed by atoms with van der Waals surface area (Å²) in [5.74, 6) is 1.06. The Morgan fingerprint density at radius 1 is 1.05 bits per heavy atom. The van der Waals surface area contributed by atoms with Crippen molar-refractivity contribution in [3.05, 3.63) is 96.8 Å². The van der Waals surface area contributed by atoms with E-state index in [-0.39, 0.29) is 5.91 Å². The standard InChI is InChI=1S/C30H34N4O3/c1-3-22-37-28-10-8-25(23-29(28)36-2)9-11-30(35)32-26-6-4-5-7-27(26)34-20-18-33(19-21-34)17-14-24-12-15-31-16-13-24/h3-13,15-16,23H,1,14,17-22H2,2H3,(H,32,35)/b11-9+. The number of carbonyl (C=O) groups is 1. The largest absolute Gasteiger partial charge is 0.493 e. The number of ether oxygens (including phenoxy) is 2. The smallest absolute Gasteiger partial charge is 0.248 e. The molecule has 37 heavy (non-hydrogen) atoms. The minimum absolute atomic E-state index is 0.186. The highest BCUT2D eigenvalue weighted by molar-refractivity contribution is 6.03. The minimum Gasteiger partial charge on any atom is -0.493 e. The van der Waals surface area contributed by atoms with Crippen LogP contribution in [0, 0.1) is 0 Å². The molecule has 0 bridgehead atoms. The van der Waals surface area contributed by atoms with E-state index in [1.54, 1.807) is 19.3 Å². The quantitative estimate of drug-likeness (QED) is 0.306. The normalized spacial score (nSPS) is 13.9. The Labute approximate surface area is 219 Å². The fourth-order valence-electron chi connectivity index (χ4n) is 4.31. The van der Waals surface area contributed by atoms with Crippen molar-refractivity contribution in [2.75, 3.05) is 56.7 Å². The number of rotatable bonds is 11. The third-order valence-corrected chi connectivity index (χ3v) is 6.31. The zero-order valence-electron chi connectivity index (χ0n) is 21.3. The Bertz CT molecular complexity index is 1200. The molecule has 1 aliphatic heterocycles. The molecular formula is C30H34N4O3. The van der Waals surface area contributed by atoms with E-state index in [9.17, 15) is 4.79 Å². The third kappa shape index (κ3) is 7.44. The molecule has 0 unspecified atom stereocenters. The molecule has 192 valence electrons. The first-order chi connectivity index (χ1) is 18.2. The molecule has 1 amide bonds. The van der Waals surface area contributed by atoms with Crippen LogP contribution in [0.1, 0.15) is 11.1 Å². The monoisotopic (exact) mass is 498 g/mol. The highest BCUT2D eigenvalue weighted by Crippen LogP contribution is 2.29. The first kappa shape index (κ1) is 26.0. The van der Waals surface area contributed by atoms with Crippen LogP contribution in [0.2, 0.25) is 0 Å². The zero-order valence-corrected chi connectivity index (χ0v) is 21.3. The van der Waals surface area contributed by atoms with Crippen LogP contribution in [0.4, 0.5) is 11.4 Å². The van der Waals surface area contributed by atoms with Crippen LogP contribution in [0.5, 0.6) is 11.5 Å². The summed E-state index contributed by atoms with van der Waals surface area (Å²) in [6, 6.07) is 17.7. The van der Waals surface area contributed by atoms with Gasteiger partial charge in [-0.15, -0.1) is 0 Å². The minimum atomic E-state index is -0.186. The van der Waals surface area contributed by atoms with E-state index in [4.69, 9.17) is 9.47 Å². The molecule has 1 N–H and O–H groups in total. The van der Waals surface area contributed by atoms with Gasteiger partial charge in [0.05, 0.1) is 18.5 Å². The van der Waals surface area contributed by atoms with Crippen LogP contribution in [0.15, 0.2) is 85.7 Å². The second-order valence-electron chi connectivity index (χ2n) is 8.78. The van der Waals surface area contributed by atoms with Crippen molar-refractivity contribution in [3.8, 4) is 11.5 Å². The second kappa shape index (κ2) is 13.3. The van der Waals surface area contributed by atoms with Crippen LogP contribution in [0.3, 0.4) is 0 Å². The molecule has 0 aliphatic carbocycles. The number of hydrogen-bond donors (Lipinski definition) is 1. The van der Waals surface area contributed by atoms with Crippen molar-refractivity contribution in [2.24, 2.45) is 0 Å². The van der Waals surface area contributed by atoms with Crippen molar-refractivity contribution in [3.63, 3.8) is 0 Å². The molecule has 0 saturated carbocycles. The van der Waals surface area contributed by atoms with Gasteiger partial charge in [-0.1, -0.05) is 30.9 Å². The molecular weight excluding hydrogens is 464 g/mol. The van der Waals surface area contributed by atoms with Crippen molar-refractivity contribution in [1.29, 1.82) is 0 Å². The SMILES string of the molecule is C=CCOc1ccc(/C=C/C(=O)Nc2ccccc2N2CCN(CCc3ccncc3)CC2)cc1OC. The van der Waals surface area contributed by atoms with E-state index < -0.39 is 0 Å². The second-order valence-corrected chi connectivity index (χ2v) is 8.78. The molecule has 1 saturated heterocycles. The number of pyridine rings is 1. The Hall–Kier alpha value is -4.10. The molecule has 2 heterocycles. The van der Waals surface area contributed by atoms with Crippen molar-refractivity contribution in [1.82, 2.24) is 9.88 Å². The number of methoxy groups -OCH3 is 1. The molecule has 2 aromatic carbocycles. The number of anilines is 2. The van der Waals surface area contributed by atoms with Gasteiger partial charge in [0.15, 0.2) is 11.5 Å². The summed E-state index contributed by atoms with van der Waals surface area (Å²) in [5.41, 5.74) is 4.01. The number of amides is 1. The van der Waals surface area contributed by atoms with Crippen LogP contribution in [0.25, 0.3) is 6.08 Å². The summed E-state index contributed by atoms with van der Waals surface area (Å²) in [4.78, 5) is 21.7. The Kier molecular flexibility index (Phi) is 9.32. The molecule has 7 heteroatoms. The Morgan fingerprint density at radius 2 is 1.84 bits per heavy atom. The lowest BCUT2D eigenvalue weighted by Gasteiger charge is -2.37. The summed E-state index contributed by atoms with van der Waals surface area (Å²) in [6.07, 6.45) is 9.70. The zero-order chi connectivity index (χ0) is 25.9. The maximum absolute atomic E-state index is 12.8. The number of benzene rings is 2. The van der Waals surface area contributed by atoms with E-state index in [0.717, 1.165) is 56.1 Å². The third-order valence-electron chi connectivity index (χ3n) is 6.31. The predicted octanol–water partition coefficient (Wildman–Crippen LogP) is 4.67. The number of piperazine rings is 1. The van der Waals surface area contributed by atoms with E-state index in [0.29, 0.717) is 18.1 Å². The van der Waals surface area contributed by atoms with Gasteiger partial charge in [-0.25, -0.2) is 0 Å². The van der Waals surface area contributed by atoms with Gasteiger partial charge in [0.25, 0.3) is 0 Å². The first-order valence-electron chi connectivity index (χ1n) is 12.5. The molecule has 1 fully saturated rings. The van der Waals surface area contributed by atoms with Crippen LogP contribution < -0.4 is 19.7 Å². The maximum Gasteiger partial charge on any atom is 0.248 e. The van der Waals surface area contributed by atoms with Gasteiger partial charge in [0.2, 0.25) is 5.91 Å². The van der Waals surface area contributed by atoms with Gasteiger partial charge >= 0.3 is 0 Å². The van der Waals surface area contributed by atoms with Crippen LogP contribution in [-0.4, -0.2) is 62.2 Å². The predicted molar refractivity (Wildman–Crippen MR) is 149 cm³/mol. The molecule has 0 spiro atoms. The van der Waals surface area contributed by atoms with Gasteiger partial charge in [0.1, 0.15) is 6.61 Å². The summed E-state index contributed by atoms with van der Waals surface area (Å²) in [5, 5.41) is 3.05. The molecule has 1 aromatic heterocycles. The van der Waals surface area contributed by atoms with Crippen molar-refractivity contribution < 1.29 is 14.3 Å². The summed E-state index contributed by atoms with van der Waals surface area (Å²) < 4.78 is 11.0. The summed E-state index contributed by atoms with van der Waals surface area (Å²) >= 11 is 0. The van der Waals surface area contributed by atoms with Gasteiger partial charge < -0.3 is 19.7 Å². The Balaban J connectivity index is 1.33. The van der Waals surface area contributed by atoms with Gasteiger partial charge in [-0.3, -0.25) is 14.7 Å². The van der Waals surface area contributed by atoms with E-state index in [1.807, 2.05) is 48.8 Å². The molecule has 0 atom stereocenters. The first-order valence-corrected chi connectivity index (χ1v) is 12.5. The average molecular weight is 499 g/mol. The van der Waals surface area contributed by atoms with Crippen molar-refractivity contribution in [2.45, 2.75) is 6.42 Å². The topological polar surface area (TPSA) is 66.9 Å². The molecule has 7 nitrogen and oxygen atoms in total. The number of para-hydroxylation sites is 2. The highest BCUT2D eigenvalue weighted by atomic mass is 16.5. The molecule has 3 aromatic rings. The number of hydrogen-bond acceptors (Lipinski definition) is 6. The van der Waals surface area contributed by atoms with Gasteiger partial charge in [0, 0.05) is 51.2 Å². The van der Waals surface area contributed by atoms with E-state index in [1.165, 1.54) is 11.6 Å². The lowest BCUT2D eigenvalue weighted by Crippen LogP contribution is -2.47. The van der Waals surface area contributed by atoms with Crippen LogP contribution >= 0.6 is 0 Å². The Morgan fingerprint density at radius 3 is 2.59 bits per heavy atom. The molecule has 4 rings (SSSR count). The lowest BCUT2D eigenvalue weighted by molar-refractivity contribution is -0.111.